The number of aliphatic imine (C=N–C) groups is 1. The molecule has 0 spiro atoms. The third kappa shape index (κ3) is 5.90. The Morgan fingerprint density at radius 3 is 2.66 bits per heavy atom. The Labute approximate surface area is 178 Å². The molecule has 1 aromatic heterocycles. The van der Waals surface area contributed by atoms with Crippen LogP contribution >= 0.6 is 23.1 Å². The predicted molar refractivity (Wildman–Crippen MR) is 119 cm³/mol. The average molecular weight is 427 g/mol. The Bertz CT molecular complexity index is 1000. The molecule has 2 aromatic carbocycles. The molecule has 0 saturated carbocycles. The minimum atomic E-state index is -0.201. The number of carbonyl (C=O) groups excluding carboxylic acids is 1. The number of anilines is 1. The summed E-state index contributed by atoms with van der Waals surface area (Å²) in [4.78, 5) is 22.4. The summed E-state index contributed by atoms with van der Waals surface area (Å²) in [5.41, 5.74) is 5.67. The molecule has 0 fully saturated rings. The summed E-state index contributed by atoms with van der Waals surface area (Å²) in [7, 11) is 0. The molecule has 29 heavy (non-hydrogen) atoms. The second kappa shape index (κ2) is 10.2. The van der Waals surface area contributed by atoms with Gasteiger partial charge in [-0.2, -0.15) is 0 Å². The van der Waals surface area contributed by atoms with Crippen molar-refractivity contribution >= 4 is 46.1 Å². The molecule has 0 radical (unpaired) electrons. The van der Waals surface area contributed by atoms with Crippen LogP contribution < -0.4 is 10.8 Å². The summed E-state index contributed by atoms with van der Waals surface area (Å²) in [5, 5.41) is 12.2. The summed E-state index contributed by atoms with van der Waals surface area (Å²) >= 11 is 2.87. The molecular formula is C21H22N4O2S2. The second-order valence-electron chi connectivity index (χ2n) is 6.22. The second-order valence-corrected chi connectivity index (χ2v) is 8.63. The smallest absolute Gasteiger partial charge is 0.280 e. The van der Waals surface area contributed by atoms with E-state index >= 15 is 0 Å². The number of nitrogens with zero attached hydrogens (tertiary/aromatic N) is 2. The van der Waals surface area contributed by atoms with Crippen molar-refractivity contribution in [3.05, 3.63) is 65.3 Å². The lowest BCUT2D eigenvalue weighted by Crippen LogP contribution is -2.29. The minimum Gasteiger partial charge on any atom is -0.345 e. The van der Waals surface area contributed by atoms with Crippen molar-refractivity contribution < 1.29 is 10.0 Å². The average Bonchev–Trinajstić information content (AvgIpc) is 3.21. The number of benzene rings is 2. The van der Waals surface area contributed by atoms with Gasteiger partial charge in [0.25, 0.3) is 5.91 Å². The van der Waals surface area contributed by atoms with Crippen LogP contribution in [0.2, 0.25) is 0 Å². The number of hydrogen-bond acceptors (Lipinski definition) is 7. The van der Waals surface area contributed by atoms with Gasteiger partial charge in [0.15, 0.2) is 5.01 Å². The van der Waals surface area contributed by atoms with Crippen LogP contribution in [0.5, 0.6) is 0 Å². The summed E-state index contributed by atoms with van der Waals surface area (Å²) < 4.78 is 0.921. The Kier molecular flexibility index (Phi) is 7.40. The first-order valence-electron chi connectivity index (χ1n) is 9.13. The predicted octanol–water partition coefficient (Wildman–Crippen LogP) is 5.32. The van der Waals surface area contributed by atoms with Crippen molar-refractivity contribution in [2.24, 2.45) is 4.99 Å². The van der Waals surface area contributed by atoms with Gasteiger partial charge in [0.05, 0.1) is 28.3 Å². The zero-order valence-electron chi connectivity index (χ0n) is 16.2. The molecule has 0 bridgehead atoms. The van der Waals surface area contributed by atoms with E-state index in [0.717, 1.165) is 32.5 Å². The molecule has 0 aliphatic rings. The quantitative estimate of drug-likeness (QED) is 0.335. The normalized spacial score (nSPS) is 11.3. The number of rotatable bonds is 8. The van der Waals surface area contributed by atoms with E-state index in [4.69, 9.17) is 5.21 Å². The first kappa shape index (κ1) is 21.0. The van der Waals surface area contributed by atoms with Crippen LogP contribution in [0.4, 0.5) is 11.4 Å². The summed E-state index contributed by atoms with van der Waals surface area (Å²) in [5.74, 6) is -0.201. The molecule has 0 aliphatic heterocycles. The van der Waals surface area contributed by atoms with E-state index in [9.17, 15) is 4.79 Å². The Hall–Kier alpha value is -2.68. The summed E-state index contributed by atoms with van der Waals surface area (Å²) in [6.07, 6.45) is 2.46. The maximum absolute atomic E-state index is 12.5. The molecule has 3 N–H and O–H groups in total. The van der Waals surface area contributed by atoms with Gasteiger partial charge < -0.3 is 5.32 Å². The first-order chi connectivity index (χ1) is 14.1. The topological polar surface area (TPSA) is 86.6 Å². The number of para-hydroxylation sites is 1. The summed E-state index contributed by atoms with van der Waals surface area (Å²) in [6, 6.07) is 15.3. The van der Waals surface area contributed by atoms with Crippen LogP contribution in [0.3, 0.4) is 0 Å². The van der Waals surface area contributed by atoms with Crippen molar-refractivity contribution in [1.29, 1.82) is 0 Å². The van der Waals surface area contributed by atoms with E-state index < -0.39 is 0 Å². The number of aryl methyl sites for hydroxylation is 1. The van der Waals surface area contributed by atoms with E-state index in [2.05, 4.69) is 20.8 Å². The maximum atomic E-state index is 12.5. The first-order valence-corrected chi connectivity index (χ1v) is 10.8. The molecule has 0 saturated heterocycles. The van der Waals surface area contributed by atoms with Crippen LogP contribution in [0.1, 0.15) is 28.7 Å². The van der Waals surface area contributed by atoms with Crippen molar-refractivity contribution in [1.82, 2.24) is 10.3 Å². The zero-order valence-corrected chi connectivity index (χ0v) is 17.8. The van der Waals surface area contributed by atoms with Crippen LogP contribution in [-0.4, -0.2) is 28.4 Å². The highest BCUT2D eigenvalue weighted by molar-refractivity contribution is 8.01. The van der Waals surface area contributed by atoms with E-state index in [1.165, 1.54) is 23.1 Å². The highest BCUT2D eigenvalue weighted by atomic mass is 32.2. The van der Waals surface area contributed by atoms with Gasteiger partial charge in [-0.15, -0.1) is 11.3 Å². The molecule has 0 aliphatic carbocycles. The number of thiazole rings is 1. The van der Waals surface area contributed by atoms with Gasteiger partial charge in [-0.25, -0.2) is 4.98 Å². The van der Waals surface area contributed by atoms with E-state index in [1.807, 2.05) is 50.2 Å². The molecule has 0 atom stereocenters. The van der Waals surface area contributed by atoms with Crippen molar-refractivity contribution in [2.75, 3.05) is 12.0 Å². The van der Waals surface area contributed by atoms with Gasteiger partial charge in [0.2, 0.25) is 0 Å². The molecule has 3 rings (SSSR count). The molecule has 1 heterocycles. The zero-order chi connectivity index (χ0) is 20.6. The molecular weight excluding hydrogens is 404 g/mol. The van der Waals surface area contributed by atoms with E-state index in [-0.39, 0.29) is 5.91 Å². The standard InChI is InChI=1S/C21H22N4O2S2/c1-3-15(24-18-7-5-4-6-14(18)2)12-22-20(26)21-23-13-19(29-21)28-17-10-8-16(25-27)9-11-17/h4-11,13,25,27H,3,12H2,1-2H3,(H,22,26). The lowest BCUT2D eigenvalue weighted by molar-refractivity contribution is 0.0959. The summed E-state index contributed by atoms with van der Waals surface area (Å²) in [6.45, 7) is 4.44. The SMILES string of the molecule is CCC(CNC(=O)c1ncc(Sc2ccc(NO)cc2)s1)=Nc1ccccc1C. The number of aromatic nitrogens is 1. The Balaban J connectivity index is 1.60. The third-order valence-electron chi connectivity index (χ3n) is 4.14. The highest BCUT2D eigenvalue weighted by Crippen LogP contribution is 2.32. The number of carbonyl (C=O) groups is 1. The molecule has 0 unspecified atom stereocenters. The van der Waals surface area contributed by atoms with Crippen molar-refractivity contribution in [2.45, 2.75) is 29.4 Å². The van der Waals surface area contributed by atoms with Crippen LogP contribution in [0.15, 0.2) is 68.8 Å². The highest BCUT2D eigenvalue weighted by Gasteiger charge is 2.12. The van der Waals surface area contributed by atoms with Gasteiger partial charge in [0.1, 0.15) is 0 Å². The fraction of sp³-hybridized carbons (Fsp3) is 0.190. The molecule has 6 nitrogen and oxygen atoms in total. The van der Waals surface area contributed by atoms with E-state index in [1.54, 1.807) is 18.3 Å². The number of nitrogens with one attached hydrogen (secondary N) is 2. The van der Waals surface area contributed by atoms with Crippen molar-refractivity contribution in [3.63, 3.8) is 0 Å². The molecule has 8 heteroatoms. The molecule has 3 aromatic rings. The minimum absolute atomic E-state index is 0.201. The fourth-order valence-electron chi connectivity index (χ4n) is 2.49. The van der Waals surface area contributed by atoms with Crippen molar-refractivity contribution in [3.8, 4) is 0 Å². The lowest BCUT2D eigenvalue weighted by atomic mass is 10.2. The monoisotopic (exact) mass is 426 g/mol. The molecule has 1 amide bonds. The van der Waals surface area contributed by atoms with Crippen LogP contribution in [-0.2, 0) is 0 Å². The number of hydrogen-bond donors (Lipinski definition) is 3. The third-order valence-corrected chi connectivity index (χ3v) is 6.24. The van der Waals surface area contributed by atoms with Gasteiger partial charge in [0, 0.05) is 10.6 Å². The fourth-order valence-corrected chi connectivity index (χ4v) is 4.35. The lowest BCUT2D eigenvalue weighted by Gasteiger charge is -2.07. The molecule has 150 valence electrons. The Morgan fingerprint density at radius 2 is 1.97 bits per heavy atom. The van der Waals surface area contributed by atoms with Gasteiger partial charge >= 0.3 is 0 Å². The maximum Gasteiger partial charge on any atom is 0.280 e. The Morgan fingerprint density at radius 1 is 1.21 bits per heavy atom. The van der Waals surface area contributed by atoms with Gasteiger partial charge in [-0.05, 0) is 49.2 Å². The van der Waals surface area contributed by atoms with Gasteiger partial charge in [-0.3, -0.25) is 20.5 Å². The van der Waals surface area contributed by atoms with Crippen LogP contribution in [0.25, 0.3) is 0 Å². The van der Waals surface area contributed by atoms with E-state index in [0.29, 0.717) is 17.2 Å². The van der Waals surface area contributed by atoms with Gasteiger partial charge in [-0.1, -0.05) is 36.9 Å². The largest absolute Gasteiger partial charge is 0.345 e. The van der Waals surface area contributed by atoms with Crippen LogP contribution in [0, 0.1) is 6.92 Å². The number of amides is 1.